The Morgan fingerprint density at radius 3 is 2.19 bits per heavy atom. The maximum Gasteiger partial charge on any atom is 0.338 e. The van der Waals surface area contributed by atoms with Gasteiger partial charge in [-0.3, -0.25) is 0 Å². The normalized spacial score (nSPS) is 37.6. The lowest BCUT2D eigenvalue weighted by molar-refractivity contribution is -0.374. The smallest absolute Gasteiger partial charge is 0.338 e. The predicted octanol–water partition coefficient (Wildman–Crippen LogP) is 3.54. The first-order valence-corrected chi connectivity index (χ1v) is 14.7. The van der Waals surface area contributed by atoms with Gasteiger partial charge in [0.1, 0.15) is 42.7 Å². The van der Waals surface area contributed by atoms with E-state index in [9.17, 15) is 4.79 Å². The number of rotatable bonds is 8. The highest BCUT2D eigenvalue weighted by Crippen LogP contribution is 2.45. The van der Waals surface area contributed by atoms with Gasteiger partial charge in [-0.05, 0) is 17.7 Å². The Hall–Kier alpha value is -3.19. The van der Waals surface area contributed by atoms with Crippen LogP contribution in [0.5, 0.6) is 0 Å². The Labute approximate surface area is 248 Å². The molecule has 43 heavy (non-hydrogen) atoms. The molecule has 8 rings (SSSR count). The molecule has 0 aliphatic carbocycles. The summed E-state index contributed by atoms with van der Waals surface area (Å²) in [4.78, 5) is 13.5. The van der Waals surface area contributed by atoms with Crippen molar-refractivity contribution in [3.8, 4) is 0 Å². The van der Waals surface area contributed by atoms with Crippen molar-refractivity contribution < 1.29 is 47.4 Å². The molecule has 2 bridgehead atoms. The summed E-state index contributed by atoms with van der Waals surface area (Å²) in [6, 6.07) is 28.3. The standard InChI is InChI=1S/C33H32O10/c34-30(20-12-6-2-7-13-20)41-28-26(35-16-19-10-4-1-5-11-19)24-22(17-36-31(42-24)21-14-8-3-9-15-21)39-33(28)43-25-23-18-37-32(38-23)29-27(25)40-29/h1-15,22-29,31-33H,16-18H2/t22-,23-,24-,25-,26+,27+,28-,29+,31-,32-,33+/m1/s1. The third-order valence-electron chi connectivity index (χ3n) is 8.44. The van der Waals surface area contributed by atoms with Crippen LogP contribution in [0.4, 0.5) is 0 Å². The highest BCUT2D eigenvalue weighted by atomic mass is 16.8. The van der Waals surface area contributed by atoms with Crippen molar-refractivity contribution in [2.24, 2.45) is 0 Å². The average molecular weight is 589 g/mol. The molecule has 11 atom stereocenters. The van der Waals surface area contributed by atoms with E-state index in [1.807, 2.05) is 66.7 Å². The van der Waals surface area contributed by atoms with E-state index in [4.69, 9.17) is 42.6 Å². The van der Waals surface area contributed by atoms with Gasteiger partial charge in [0.15, 0.2) is 25.0 Å². The predicted molar refractivity (Wildman–Crippen MR) is 147 cm³/mol. The fraction of sp³-hybridized carbons (Fsp3) is 0.424. The monoisotopic (exact) mass is 588 g/mol. The first-order chi connectivity index (χ1) is 21.2. The van der Waals surface area contributed by atoms with Gasteiger partial charge in [0.2, 0.25) is 0 Å². The Morgan fingerprint density at radius 2 is 1.40 bits per heavy atom. The van der Waals surface area contributed by atoms with Crippen LogP contribution in [-0.2, 0) is 49.2 Å². The van der Waals surface area contributed by atoms with Crippen LogP contribution >= 0.6 is 0 Å². The Bertz CT molecular complexity index is 1390. The summed E-state index contributed by atoms with van der Waals surface area (Å²) in [5, 5.41) is 0. The molecule has 10 heteroatoms. The van der Waals surface area contributed by atoms with E-state index in [1.165, 1.54) is 0 Å². The summed E-state index contributed by atoms with van der Waals surface area (Å²) in [6.45, 7) is 0.879. The molecule has 0 aromatic heterocycles. The van der Waals surface area contributed by atoms with E-state index in [1.54, 1.807) is 24.3 Å². The zero-order chi connectivity index (χ0) is 28.8. The summed E-state index contributed by atoms with van der Waals surface area (Å²) in [5.74, 6) is -0.522. The van der Waals surface area contributed by atoms with Gasteiger partial charge in [-0.1, -0.05) is 78.9 Å². The zero-order valence-electron chi connectivity index (χ0n) is 23.2. The molecule has 0 N–H and O–H groups in total. The first-order valence-electron chi connectivity index (χ1n) is 14.7. The third-order valence-corrected chi connectivity index (χ3v) is 8.44. The molecule has 0 amide bonds. The highest BCUT2D eigenvalue weighted by molar-refractivity contribution is 5.89. The second-order valence-electron chi connectivity index (χ2n) is 11.3. The van der Waals surface area contributed by atoms with Crippen molar-refractivity contribution in [1.82, 2.24) is 0 Å². The molecule has 10 nitrogen and oxygen atoms in total. The molecular formula is C33H32O10. The van der Waals surface area contributed by atoms with E-state index in [2.05, 4.69) is 0 Å². The van der Waals surface area contributed by atoms with Crippen LogP contribution in [0.15, 0.2) is 91.0 Å². The molecule has 224 valence electrons. The Balaban J connectivity index is 1.11. The molecule has 0 unspecified atom stereocenters. The molecule has 5 aliphatic rings. The minimum absolute atomic E-state index is 0.191. The van der Waals surface area contributed by atoms with Gasteiger partial charge in [0.25, 0.3) is 0 Å². The Kier molecular flexibility index (Phi) is 7.46. The number of carbonyl (C=O) groups is 1. The fourth-order valence-electron chi connectivity index (χ4n) is 6.22. The highest BCUT2D eigenvalue weighted by Gasteiger charge is 2.64. The lowest BCUT2D eigenvalue weighted by atomic mass is 9.96. The molecule has 5 saturated heterocycles. The van der Waals surface area contributed by atoms with Crippen LogP contribution in [-0.4, -0.2) is 80.6 Å². The number of carbonyl (C=O) groups excluding carboxylic acids is 1. The molecule has 0 saturated carbocycles. The first kappa shape index (κ1) is 27.4. The number of hydrogen-bond donors (Lipinski definition) is 0. The van der Waals surface area contributed by atoms with E-state index in [0.717, 1.165) is 11.1 Å². The summed E-state index contributed by atoms with van der Waals surface area (Å²) >= 11 is 0. The van der Waals surface area contributed by atoms with Crippen LogP contribution in [0, 0.1) is 0 Å². The Morgan fingerprint density at radius 1 is 0.674 bits per heavy atom. The topological polar surface area (TPSA) is 103 Å². The number of esters is 1. The quantitative estimate of drug-likeness (QED) is 0.287. The van der Waals surface area contributed by atoms with Gasteiger partial charge >= 0.3 is 5.97 Å². The maximum atomic E-state index is 13.5. The minimum Gasteiger partial charge on any atom is -0.450 e. The van der Waals surface area contributed by atoms with Crippen molar-refractivity contribution in [3.05, 3.63) is 108 Å². The second-order valence-corrected chi connectivity index (χ2v) is 11.3. The summed E-state index contributed by atoms with van der Waals surface area (Å²) in [7, 11) is 0. The molecule has 3 aromatic rings. The number of epoxide rings is 1. The van der Waals surface area contributed by atoms with Crippen LogP contribution in [0.25, 0.3) is 0 Å². The van der Waals surface area contributed by atoms with E-state index in [0.29, 0.717) is 12.2 Å². The molecule has 0 spiro atoms. The van der Waals surface area contributed by atoms with E-state index >= 15 is 0 Å². The number of ether oxygens (including phenoxy) is 9. The van der Waals surface area contributed by atoms with Gasteiger partial charge in [-0.25, -0.2) is 4.79 Å². The van der Waals surface area contributed by atoms with E-state index in [-0.39, 0.29) is 37.8 Å². The van der Waals surface area contributed by atoms with Crippen LogP contribution < -0.4 is 0 Å². The van der Waals surface area contributed by atoms with Crippen molar-refractivity contribution >= 4 is 5.97 Å². The van der Waals surface area contributed by atoms with Gasteiger partial charge in [-0.2, -0.15) is 0 Å². The van der Waals surface area contributed by atoms with E-state index < -0.39 is 49.1 Å². The summed E-state index contributed by atoms with van der Waals surface area (Å²) in [6.07, 6.45) is -6.12. The number of hydrogen-bond acceptors (Lipinski definition) is 10. The number of benzene rings is 3. The molecule has 3 aromatic carbocycles. The number of fused-ring (bicyclic) bond motifs is 5. The molecule has 0 radical (unpaired) electrons. The van der Waals surface area contributed by atoms with Gasteiger partial charge in [0.05, 0.1) is 25.4 Å². The molecule has 5 fully saturated rings. The molecular weight excluding hydrogens is 556 g/mol. The zero-order valence-corrected chi connectivity index (χ0v) is 23.2. The van der Waals surface area contributed by atoms with Crippen LogP contribution in [0.3, 0.4) is 0 Å². The lowest BCUT2D eigenvalue weighted by Gasteiger charge is -2.49. The molecule has 5 heterocycles. The second kappa shape index (κ2) is 11.7. The van der Waals surface area contributed by atoms with Crippen molar-refractivity contribution in [3.63, 3.8) is 0 Å². The van der Waals surface area contributed by atoms with Gasteiger partial charge in [0, 0.05) is 5.56 Å². The largest absolute Gasteiger partial charge is 0.450 e. The SMILES string of the molecule is O=C(O[C@H]1[C@H](O[C@H]2[C@@H]3O[C@@H]3[C@@H]3OC[C@H]2O3)O[C@@H]2CO[C@@H](c3ccccc3)O[C@H]2[C@@H]1OCc1ccccc1)c1ccccc1. The van der Waals surface area contributed by atoms with Crippen LogP contribution in [0.2, 0.25) is 0 Å². The summed E-state index contributed by atoms with van der Waals surface area (Å²) in [5.41, 5.74) is 2.23. The lowest BCUT2D eigenvalue weighted by Crippen LogP contribution is -2.65. The maximum absolute atomic E-state index is 13.5. The average Bonchev–Trinajstić information content (AvgIpc) is 3.75. The third kappa shape index (κ3) is 5.50. The van der Waals surface area contributed by atoms with Gasteiger partial charge in [-0.15, -0.1) is 0 Å². The molecule has 5 aliphatic heterocycles. The fourth-order valence-corrected chi connectivity index (χ4v) is 6.22. The van der Waals surface area contributed by atoms with Crippen molar-refractivity contribution in [1.29, 1.82) is 0 Å². The van der Waals surface area contributed by atoms with Crippen molar-refractivity contribution in [2.45, 2.75) is 74.3 Å². The summed E-state index contributed by atoms with van der Waals surface area (Å²) < 4.78 is 56.1. The van der Waals surface area contributed by atoms with Crippen LogP contribution in [0.1, 0.15) is 27.8 Å². The van der Waals surface area contributed by atoms with Gasteiger partial charge < -0.3 is 42.6 Å². The van der Waals surface area contributed by atoms with Crippen molar-refractivity contribution in [2.75, 3.05) is 13.2 Å². The minimum atomic E-state index is -1.01.